The fourth-order valence-electron chi connectivity index (χ4n) is 8.27. The highest BCUT2D eigenvalue weighted by Crippen LogP contribution is 2.59. The monoisotopic (exact) mass is 632 g/mol. The summed E-state index contributed by atoms with van der Waals surface area (Å²) in [5, 5.41) is 5.68. The van der Waals surface area contributed by atoms with E-state index in [0.717, 1.165) is 22.8 Å². The molecule has 0 spiro atoms. The Morgan fingerprint density at radius 2 is 1.83 bits per heavy atom. The molecule has 0 aliphatic heterocycles. The Labute approximate surface area is 272 Å². The van der Waals surface area contributed by atoms with E-state index in [-0.39, 0.29) is 42.1 Å². The summed E-state index contributed by atoms with van der Waals surface area (Å²) in [6.07, 6.45) is 3.27. The summed E-state index contributed by atoms with van der Waals surface area (Å²) in [6.45, 7) is 7.71. The van der Waals surface area contributed by atoms with Gasteiger partial charge >= 0.3 is 0 Å². The van der Waals surface area contributed by atoms with Gasteiger partial charge in [0.1, 0.15) is 30.8 Å². The topological polar surface area (TPSA) is 116 Å². The molecule has 7 rings (SSSR count). The first-order valence-corrected chi connectivity index (χ1v) is 15.9. The lowest BCUT2D eigenvalue weighted by Crippen LogP contribution is -2.60. The Morgan fingerprint density at radius 3 is 2.53 bits per heavy atom. The van der Waals surface area contributed by atoms with E-state index in [9.17, 15) is 19.2 Å². The summed E-state index contributed by atoms with van der Waals surface area (Å²) in [7, 11) is 3.78. The molecule has 5 atom stereocenters. The van der Waals surface area contributed by atoms with Gasteiger partial charge in [0.05, 0.1) is 17.4 Å². The van der Waals surface area contributed by atoms with E-state index >= 15 is 0 Å². The van der Waals surface area contributed by atoms with Crippen LogP contribution in [0.15, 0.2) is 65.7 Å². The van der Waals surface area contributed by atoms with Gasteiger partial charge in [-0.1, -0.05) is 49.1 Å². The van der Waals surface area contributed by atoms with Crippen LogP contribution in [0, 0.1) is 30.1 Å². The number of hydrogen-bond donors (Lipinski definition) is 0. The van der Waals surface area contributed by atoms with Gasteiger partial charge < -0.3 is 14.0 Å². The lowest BCUT2D eigenvalue weighted by atomic mass is 9.49. The highest BCUT2D eigenvalue weighted by atomic mass is 16.5. The maximum absolute atomic E-state index is 14.8. The molecule has 3 aliphatic rings. The molecule has 9 heteroatoms. The first-order valence-electron chi connectivity index (χ1n) is 15.9. The molecule has 9 nitrogen and oxygen atoms in total. The number of carbonyl (C=O) groups is 4. The average molecular weight is 633 g/mol. The number of hydrogen-bond acceptors (Lipinski definition) is 9. The predicted octanol–water partition coefficient (Wildman–Crippen LogP) is 6.16. The lowest BCUT2D eigenvalue weighted by molar-refractivity contribution is -0.140. The summed E-state index contributed by atoms with van der Waals surface area (Å²) < 4.78 is 18.1. The molecule has 1 heterocycles. The van der Waals surface area contributed by atoms with Gasteiger partial charge in [0.15, 0.2) is 23.1 Å². The highest BCUT2D eigenvalue weighted by molar-refractivity contribution is 6.25. The number of ketones is 3. The van der Waals surface area contributed by atoms with Crippen LogP contribution in [-0.2, 0) is 17.8 Å². The standard InChI is InChI=1S/C38H36N2O7/c1-6-14-45-33-24-13-12-22(18-41)15-25(24)20(2)28-26(33)16-23-17-27-31(40(4)5)34-30(36(44)38(27,3)35(43)29(23)32(28)42)37(39-47-34)46-19-21-10-8-7-9-11-21/h6-13,15,18,23,27,29,31H,1,14,16-17,19H2,2-5H3. The lowest BCUT2D eigenvalue weighted by Gasteiger charge is -2.52. The number of aldehydes is 1. The van der Waals surface area contributed by atoms with Crippen molar-refractivity contribution in [3.8, 4) is 11.6 Å². The molecule has 1 aromatic heterocycles. The Bertz CT molecular complexity index is 1980. The minimum absolute atomic E-state index is 0.0490. The van der Waals surface area contributed by atoms with E-state index in [0.29, 0.717) is 46.4 Å². The third-order valence-corrected chi connectivity index (χ3v) is 10.5. The summed E-state index contributed by atoms with van der Waals surface area (Å²) in [5.41, 5.74) is 1.88. The van der Waals surface area contributed by atoms with Crippen molar-refractivity contribution in [1.29, 1.82) is 0 Å². The van der Waals surface area contributed by atoms with E-state index in [1.165, 1.54) is 0 Å². The first-order chi connectivity index (χ1) is 22.6. The van der Waals surface area contributed by atoms with Crippen LogP contribution in [0.4, 0.5) is 0 Å². The third-order valence-electron chi connectivity index (χ3n) is 10.5. The number of benzene rings is 3. The van der Waals surface area contributed by atoms with Gasteiger partial charge in [0.25, 0.3) is 5.88 Å². The third kappa shape index (κ3) is 4.51. The number of aromatic nitrogens is 1. The quantitative estimate of drug-likeness (QED) is 0.128. The van der Waals surface area contributed by atoms with Crippen molar-refractivity contribution < 1.29 is 33.2 Å². The zero-order valence-corrected chi connectivity index (χ0v) is 26.9. The number of rotatable bonds is 8. The molecular formula is C38H36N2O7. The molecule has 5 unspecified atom stereocenters. The molecule has 0 radical (unpaired) electrons. The van der Waals surface area contributed by atoms with Gasteiger partial charge in [-0.3, -0.25) is 24.1 Å². The van der Waals surface area contributed by atoms with Crippen molar-refractivity contribution in [2.24, 2.45) is 23.2 Å². The van der Waals surface area contributed by atoms with Crippen molar-refractivity contribution in [2.75, 3.05) is 20.7 Å². The van der Waals surface area contributed by atoms with Gasteiger partial charge in [0, 0.05) is 28.0 Å². The Kier molecular flexibility index (Phi) is 7.47. The summed E-state index contributed by atoms with van der Waals surface area (Å²) >= 11 is 0. The Balaban J connectivity index is 1.34. The number of aryl methyl sites for hydroxylation is 1. The van der Waals surface area contributed by atoms with Crippen LogP contribution in [0.25, 0.3) is 10.8 Å². The van der Waals surface area contributed by atoms with Crippen molar-refractivity contribution in [2.45, 2.75) is 39.3 Å². The van der Waals surface area contributed by atoms with Crippen LogP contribution in [0.3, 0.4) is 0 Å². The van der Waals surface area contributed by atoms with Crippen molar-refractivity contribution >= 4 is 34.4 Å². The number of fused-ring (bicyclic) bond motifs is 5. The van der Waals surface area contributed by atoms with Crippen molar-refractivity contribution in [1.82, 2.24) is 10.1 Å². The Morgan fingerprint density at radius 1 is 1.06 bits per heavy atom. The van der Waals surface area contributed by atoms with E-state index in [1.807, 2.05) is 62.3 Å². The molecule has 3 aliphatic carbocycles. The van der Waals surface area contributed by atoms with Crippen LogP contribution in [0.2, 0.25) is 0 Å². The normalized spacial score (nSPS) is 24.7. The van der Waals surface area contributed by atoms with Crippen LogP contribution in [0.1, 0.15) is 72.9 Å². The minimum Gasteiger partial charge on any atom is -0.489 e. The number of Topliss-reactive ketones (excluding diaryl/α,β-unsaturated/α-hetero) is 3. The predicted molar refractivity (Wildman–Crippen MR) is 174 cm³/mol. The highest BCUT2D eigenvalue weighted by Gasteiger charge is 2.65. The molecule has 0 bridgehead atoms. The SMILES string of the molecule is C=CCOc1c2c(c(C)c3cc(C=O)ccc13)C(=O)C1C(=O)C3(C)C(=O)c4c(OCc5ccccc5)noc4C(N(C)C)C3CC1C2. The zero-order chi connectivity index (χ0) is 33.2. The summed E-state index contributed by atoms with van der Waals surface area (Å²) in [4.78, 5) is 57.6. The second kappa shape index (κ2) is 11.4. The average Bonchev–Trinajstić information content (AvgIpc) is 3.48. The van der Waals surface area contributed by atoms with Gasteiger partial charge in [-0.25, -0.2) is 0 Å². The fourth-order valence-corrected chi connectivity index (χ4v) is 8.27. The first kappa shape index (κ1) is 30.7. The molecule has 0 saturated heterocycles. The zero-order valence-electron chi connectivity index (χ0n) is 26.9. The molecule has 240 valence electrons. The van der Waals surface area contributed by atoms with Gasteiger partial charge in [0.2, 0.25) is 0 Å². The minimum atomic E-state index is -1.51. The second-order valence-electron chi connectivity index (χ2n) is 13.3. The number of carbonyl (C=O) groups excluding carboxylic acids is 4. The van der Waals surface area contributed by atoms with Crippen molar-refractivity contribution in [3.05, 3.63) is 100 Å². The Hall–Kier alpha value is -4.89. The van der Waals surface area contributed by atoms with Gasteiger partial charge in [-0.15, -0.1) is 0 Å². The van der Waals surface area contributed by atoms with Crippen LogP contribution in [0.5, 0.6) is 11.6 Å². The van der Waals surface area contributed by atoms with Gasteiger partial charge in [-0.2, -0.15) is 0 Å². The molecule has 4 aromatic rings. The van der Waals surface area contributed by atoms with E-state index in [4.69, 9.17) is 14.0 Å². The molecule has 47 heavy (non-hydrogen) atoms. The fraction of sp³-hybridized carbons (Fsp3) is 0.342. The maximum Gasteiger partial charge on any atom is 0.265 e. The molecule has 0 N–H and O–H groups in total. The van der Waals surface area contributed by atoms with Gasteiger partial charge in [-0.05, 0) is 80.5 Å². The molecule has 0 amide bonds. The van der Waals surface area contributed by atoms with E-state index in [1.54, 1.807) is 25.1 Å². The second-order valence-corrected chi connectivity index (χ2v) is 13.3. The molecule has 3 aromatic carbocycles. The largest absolute Gasteiger partial charge is 0.489 e. The maximum atomic E-state index is 14.8. The van der Waals surface area contributed by atoms with Crippen LogP contribution in [-0.4, -0.2) is 54.4 Å². The number of nitrogens with zero attached hydrogens (tertiary/aromatic N) is 2. The summed E-state index contributed by atoms with van der Waals surface area (Å²) in [6, 6.07) is 14.4. The smallest absolute Gasteiger partial charge is 0.265 e. The molecular weight excluding hydrogens is 596 g/mol. The number of ether oxygens (including phenoxy) is 2. The van der Waals surface area contributed by atoms with E-state index in [2.05, 4.69) is 11.7 Å². The molecule has 1 saturated carbocycles. The van der Waals surface area contributed by atoms with Crippen LogP contribution < -0.4 is 9.47 Å². The molecule has 1 fully saturated rings. The van der Waals surface area contributed by atoms with E-state index < -0.39 is 29.1 Å². The van der Waals surface area contributed by atoms with Crippen molar-refractivity contribution in [3.63, 3.8) is 0 Å². The van der Waals surface area contributed by atoms with Crippen LogP contribution >= 0.6 is 0 Å². The summed E-state index contributed by atoms with van der Waals surface area (Å²) in [5.74, 6) is -1.97.